The number of hydrogen-bond acceptors (Lipinski definition) is 8. The molecular formula is C18H21N3O7. The van der Waals surface area contributed by atoms with Gasteiger partial charge in [0.2, 0.25) is 0 Å². The average Bonchev–Trinajstić information content (AvgIpc) is 3.03. The first-order valence-electron chi connectivity index (χ1n) is 8.46. The summed E-state index contributed by atoms with van der Waals surface area (Å²) in [6, 6.07) is 3.75. The minimum absolute atomic E-state index is 0.0859. The van der Waals surface area contributed by atoms with E-state index in [1.165, 1.54) is 32.2 Å². The fourth-order valence-electron chi connectivity index (χ4n) is 2.43. The summed E-state index contributed by atoms with van der Waals surface area (Å²) in [6.07, 6.45) is -1.14. The first-order chi connectivity index (χ1) is 13.1. The minimum atomic E-state index is -1.14. The van der Waals surface area contributed by atoms with Crippen LogP contribution in [0.25, 0.3) is 0 Å². The summed E-state index contributed by atoms with van der Waals surface area (Å²) in [5.74, 6) is -0.941. The van der Waals surface area contributed by atoms with Crippen molar-refractivity contribution in [3.63, 3.8) is 0 Å². The summed E-state index contributed by atoms with van der Waals surface area (Å²) in [5, 5.41) is 17.1. The Labute approximate surface area is 160 Å². The van der Waals surface area contributed by atoms with Crippen LogP contribution < -0.4 is 10.1 Å². The molecule has 28 heavy (non-hydrogen) atoms. The van der Waals surface area contributed by atoms with E-state index < -0.39 is 22.9 Å². The fraction of sp³-hybridized carbons (Fsp3) is 0.389. The van der Waals surface area contributed by atoms with Crippen molar-refractivity contribution < 1.29 is 28.5 Å². The Morgan fingerprint density at radius 2 is 1.96 bits per heavy atom. The Hall–Kier alpha value is -3.43. The molecule has 1 aromatic heterocycles. The van der Waals surface area contributed by atoms with Gasteiger partial charge in [-0.15, -0.1) is 0 Å². The number of ether oxygens (including phenoxy) is 2. The molecule has 1 aromatic carbocycles. The second kappa shape index (κ2) is 8.51. The van der Waals surface area contributed by atoms with Crippen LogP contribution >= 0.6 is 0 Å². The molecule has 0 aliphatic heterocycles. The second-order valence-electron chi connectivity index (χ2n) is 6.34. The number of amides is 1. The highest BCUT2D eigenvalue weighted by Crippen LogP contribution is 2.29. The maximum atomic E-state index is 12.5. The normalized spacial score (nSPS) is 11.8. The summed E-state index contributed by atoms with van der Waals surface area (Å²) >= 11 is 0. The van der Waals surface area contributed by atoms with Crippen molar-refractivity contribution in [1.82, 2.24) is 5.16 Å². The van der Waals surface area contributed by atoms with E-state index in [9.17, 15) is 19.7 Å². The molecule has 0 fully saturated rings. The number of aryl methyl sites for hydroxylation is 1. The van der Waals surface area contributed by atoms with Gasteiger partial charge in [0, 0.05) is 12.0 Å². The predicted octanol–water partition coefficient (Wildman–Crippen LogP) is 3.21. The van der Waals surface area contributed by atoms with Gasteiger partial charge in [-0.25, -0.2) is 4.79 Å². The van der Waals surface area contributed by atoms with Gasteiger partial charge in [-0.3, -0.25) is 14.9 Å². The van der Waals surface area contributed by atoms with Crippen molar-refractivity contribution in [3.8, 4) is 5.75 Å². The molecule has 1 amide bonds. The monoisotopic (exact) mass is 391 g/mol. The Kier molecular flexibility index (Phi) is 6.34. The fourth-order valence-corrected chi connectivity index (χ4v) is 2.43. The molecule has 10 heteroatoms. The number of benzene rings is 1. The molecule has 0 aliphatic carbocycles. The number of carbonyl (C=O) groups excluding carboxylic acids is 2. The van der Waals surface area contributed by atoms with Crippen LogP contribution in [0.5, 0.6) is 5.75 Å². The van der Waals surface area contributed by atoms with Crippen molar-refractivity contribution in [2.24, 2.45) is 0 Å². The van der Waals surface area contributed by atoms with Crippen LogP contribution in [0.2, 0.25) is 0 Å². The summed E-state index contributed by atoms with van der Waals surface area (Å²) < 4.78 is 15.5. The lowest BCUT2D eigenvalue weighted by Crippen LogP contribution is -2.30. The number of esters is 1. The number of nitro benzene ring substituents is 1. The third-order valence-electron chi connectivity index (χ3n) is 3.92. The third-order valence-corrected chi connectivity index (χ3v) is 3.92. The van der Waals surface area contributed by atoms with E-state index in [4.69, 9.17) is 14.0 Å². The summed E-state index contributed by atoms with van der Waals surface area (Å²) in [4.78, 5) is 35.1. The molecule has 0 spiro atoms. The second-order valence-corrected chi connectivity index (χ2v) is 6.34. The van der Waals surface area contributed by atoms with Gasteiger partial charge in [0.05, 0.1) is 29.5 Å². The van der Waals surface area contributed by atoms with Crippen molar-refractivity contribution >= 4 is 23.3 Å². The predicted molar refractivity (Wildman–Crippen MR) is 98.5 cm³/mol. The lowest BCUT2D eigenvalue weighted by atomic mass is 10.1. The van der Waals surface area contributed by atoms with E-state index in [0.29, 0.717) is 11.5 Å². The van der Waals surface area contributed by atoms with Gasteiger partial charge in [-0.1, -0.05) is 19.0 Å². The molecule has 1 N–H and O–H groups in total. The van der Waals surface area contributed by atoms with E-state index in [2.05, 4.69) is 10.5 Å². The third kappa shape index (κ3) is 4.45. The van der Waals surface area contributed by atoms with E-state index >= 15 is 0 Å². The standard InChI is InChI=1S/C18H21N3O7/c1-9(2)16-15(10(3)20-28-16)18(23)27-11(4)17(22)19-13-7-6-12(21(24)25)8-14(13)26-5/h6-9,11H,1-5H3,(H,19,22)/t11-/m1/s1. The molecule has 1 atom stereocenters. The van der Waals surface area contributed by atoms with Gasteiger partial charge < -0.3 is 19.3 Å². The van der Waals surface area contributed by atoms with Gasteiger partial charge in [-0.2, -0.15) is 0 Å². The number of non-ortho nitro benzene ring substituents is 1. The molecule has 2 rings (SSSR count). The zero-order chi connectivity index (χ0) is 21.0. The quantitative estimate of drug-likeness (QED) is 0.432. The number of carbonyl (C=O) groups is 2. The highest BCUT2D eigenvalue weighted by Gasteiger charge is 2.27. The molecular weight excluding hydrogens is 370 g/mol. The number of rotatable bonds is 7. The lowest BCUT2D eigenvalue weighted by molar-refractivity contribution is -0.384. The molecule has 150 valence electrons. The maximum absolute atomic E-state index is 12.5. The van der Waals surface area contributed by atoms with Crippen LogP contribution in [-0.4, -0.2) is 35.2 Å². The van der Waals surface area contributed by atoms with Crippen LogP contribution in [0.15, 0.2) is 22.7 Å². The molecule has 0 aliphatic rings. The number of nitrogens with zero attached hydrogens (tertiary/aromatic N) is 2. The van der Waals surface area contributed by atoms with Crippen LogP contribution in [0.4, 0.5) is 11.4 Å². The van der Waals surface area contributed by atoms with Crippen molar-refractivity contribution in [3.05, 3.63) is 45.3 Å². The topological polar surface area (TPSA) is 134 Å². The number of hydrogen-bond donors (Lipinski definition) is 1. The highest BCUT2D eigenvalue weighted by atomic mass is 16.6. The zero-order valence-corrected chi connectivity index (χ0v) is 16.1. The van der Waals surface area contributed by atoms with E-state index in [1.807, 2.05) is 13.8 Å². The molecule has 0 radical (unpaired) electrons. The van der Waals surface area contributed by atoms with Crippen LogP contribution in [-0.2, 0) is 9.53 Å². The van der Waals surface area contributed by atoms with Crippen molar-refractivity contribution in [2.75, 3.05) is 12.4 Å². The van der Waals surface area contributed by atoms with E-state index in [-0.39, 0.29) is 28.6 Å². The van der Waals surface area contributed by atoms with Gasteiger partial charge in [0.1, 0.15) is 11.3 Å². The number of methoxy groups -OCH3 is 1. The Morgan fingerprint density at radius 1 is 1.29 bits per heavy atom. The Bertz CT molecular complexity index is 905. The van der Waals surface area contributed by atoms with Crippen LogP contribution in [0, 0.1) is 17.0 Å². The van der Waals surface area contributed by atoms with Gasteiger partial charge in [-0.05, 0) is 19.9 Å². The molecule has 10 nitrogen and oxygen atoms in total. The zero-order valence-electron chi connectivity index (χ0n) is 16.1. The highest BCUT2D eigenvalue weighted by molar-refractivity contribution is 5.98. The van der Waals surface area contributed by atoms with Gasteiger partial charge in [0.15, 0.2) is 11.9 Å². The lowest BCUT2D eigenvalue weighted by Gasteiger charge is -2.15. The summed E-state index contributed by atoms with van der Waals surface area (Å²) in [6.45, 7) is 6.70. The largest absolute Gasteiger partial charge is 0.494 e. The molecule has 0 saturated carbocycles. The van der Waals surface area contributed by atoms with E-state index in [1.54, 1.807) is 6.92 Å². The van der Waals surface area contributed by atoms with E-state index in [0.717, 1.165) is 0 Å². The van der Waals surface area contributed by atoms with Crippen molar-refractivity contribution in [1.29, 1.82) is 0 Å². The number of nitrogens with one attached hydrogen (secondary N) is 1. The van der Waals surface area contributed by atoms with Crippen molar-refractivity contribution in [2.45, 2.75) is 39.7 Å². The number of anilines is 1. The van der Waals surface area contributed by atoms with Gasteiger partial charge in [0.25, 0.3) is 11.6 Å². The number of aromatic nitrogens is 1. The summed E-state index contributed by atoms with van der Waals surface area (Å²) in [7, 11) is 1.32. The Morgan fingerprint density at radius 3 is 2.54 bits per heavy atom. The van der Waals surface area contributed by atoms with Gasteiger partial charge >= 0.3 is 5.97 Å². The Balaban J connectivity index is 2.13. The first kappa shape index (κ1) is 20.9. The SMILES string of the molecule is COc1cc([N+](=O)[O-])ccc1NC(=O)[C@@H](C)OC(=O)c1c(C)noc1C(C)C. The van der Waals surface area contributed by atoms with Crippen LogP contribution in [0.1, 0.15) is 48.5 Å². The minimum Gasteiger partial charge on any atom is -0.494 e. The smallest absolute Gasteiger partial charge is 0.344 e. The van der Waals surface area contributed by atoms with Crippen LogP contribution in [0.3, 0.4) is 0 Å². The average molecular weight is 391 g/mol. The molecule has 2 aromatic rings. The number of nitro groups is 1. The molecule has 0 saturated heterocycles. The molecule has 0 unspecified atom stereocenters. The molecule has 1 heterocycles. The molecule has 0 bridgehead atoms. The first-order valence-corrected chi connectivity index (χ1v) is 8.46. The summed E-state index contributed by atoms with van der Waals surface area (Å²) in [5.41, 5.74) is 0.601. The maximum Gasteiger partial charge on any atom is 0.344 e.